The number of nitrogens with zero attached hydrogens (tertiary/aromatic N) is 3. The molecule has 2 aliphatic rings. The summed E-state index contributed by atoms with van der Waals surface area (Å²) in [6.07, 6.45) is 12.0. The van der Waals surface area contributed by atoms with Crippen molar-refractivity contribution in [3.8, 4) is 5.75 Å². The Balaban J connectivity index is 1.51. The van der Waals surface area contributed by atoms with E-state index in [9.17, 15) is 18.4 Å². The van der Waals surface area contributed by atoms with Crippen LogP contribution >= 0.6 is 0 Å². The lowest BCUT2D eigenvalue weighted by atomic mass is 10.0. The number of nitrogens with one attached hydrogen (secondary N) is 1. The van der Waals surface area contributed by atoms with Gasteiger partial charge in [-0.25, -0.2) is 13.9 Å². The average Bonchev–Trinajstić information content (AvgIpc) is 3.17. The van der Waals surface area contributed by atoms with Crippen LogP contribution in [0.25, 0.3) is 16.5 Å². The molecule has 2 aromatic heterocycles. The Hall–Kier alpha value is -4.47. The van der Waals surface area contributed by atoms with Crippen molar-refractivity contribution in [3.05, 3.63) is 94.7 Å². The van der Waals surface area contributed by atoms with Gasteiger partial charge in [0.05, 0.1) is 11.4 Å². The SMILES string of the molecule is C=CC(=O)N1CCC[C@@H](n2cc(C3=CCC=C(Oc4c(F)cccc4F)C=C3)c3c(N)n[nH]c(=O)c32)C1. The van der Waals surface area contributed by atoms with E-state index in [-0.39, 0.29) is 23.5 Å². The first-order valence-corrected chi connectivity index (χ1v) is 11.9. The molecule has 5 rings (SSSR count). The second kappa shape index (κ2) is 9.88. The van der Waals surface area contributed by atoms with Gasteiger partial charge in [-0.15, -0.1) is 0 Å². The van der Waals surface area contributed by atoms with Crippen molar-refractivity contribution in [3.63, 3.8) is 0 Å². The van der Waals surface area contributed by atoms with Crippen LogP contribution in [-0.2, 0) is 4.79 Å². The number of carbonyl (C=O) groups excluding carboxylic acids is 1. The van der Waals surface area contributed by atoms with Crippen LogP contribution in [0.3, 0.4) is 0 Å². The third-order valence-electron chi connectivity index (χ3n) is 6.59. The summed E-state index contributed by atoms with van der Waals surface area (Å²) in [6, 6.07) is 3.37. The number of ether oxygens (including phenoxy) is 1. The van der Waals surface area contributed by atoms with Crippen molar-refractivity contribution >= 4 is 28.2 Å². The van der Waals surface area contributed by atoms with Crippen LogP contribution in [0, 0.1) is 11.6 Å². The van der Waals surface area contributed by atoms with Crippen molar-refractivity contribution in [1.82, 2.24) is 19.7 Å². The second-order valence-corrected chi connectivity index (χ2v) is 8.88. The van der Waals surface area contributed by atoms with Gasteiger partial charge in [-0.1, -0.05) is 24.8 Å². The number of benzene rings is 1. The number of para-hydroxylation sites is 1. The summed E-state index contributed by atoms with van der Waals surface area (Å²) in [5.74, 6) is -1.80. The number of aromatic nitrogens is 3. The number of rotatable bonds is 5. The highest BCUT2D eigenvalue weighted by Gasteiger charge is 2.27. The predicted octanol–water partition coefficient (Wildman–Crippen LogP) is 4.24. The number of nitrogen functional groups attached to an aromatic ring is 1. The molecule has 3 N–H and O–H groups in total. The molecule has 1 fully saturated rings. The number of hydrogen-bond donors (Lipinski definition) is 2. The van der Waals surface area contributed by atoms with Crippen molar-refractivity contribution in [2.24, 2.45) is 0 Å². The summed E-state index contributed by atoms with van der Waals surface area (Å²) < 4.78 is 35.5. The number of H-pyrrole nitrogens is 1. The van der Waals surface area contributed by atoms with E-state index >= 15 is 0 Å². The van der Waals surface area contributed by atoms with Crippen molar-refractivity contribution in [1.29, 1.82) is 0 Å². The van der Waals surface area contributed by atoms with Crippen molar-refractivity contribution < 1.29 is 18.3 Å². The van der Waals surface area contributed by atoms with Crippen LogP contribution in [0.5, 0.6) is 5.75 Å². The Morgan fingerprint density at radius 1 is 1.24 bits per heavy atom. The predicted molar refractivity (Wildman–Crippen MR) is 137 cm³/mol. The van der Waals surface area contributed by atoms with Crippen LogP contribution in [0.2, 0.25) is 0 Å². The minimum absolute atomic E-state index is 0.145. The number of piperidine rings is 1. The number of anilines is 1. The minimum Gasteiger partial charge on any atom is -0.452 e. The molecule has 0 unspecified atom stereocenters. The van der Waals surface area contributed by atoms with Gasteiger partial charge in [-0.3, -0.25) is 9.59 Å². The van der Waals surface area contributed by atoms with Gasteiger partial charge in [0.1, 0.15) is 11.3 Å². The van der Waals surface area contributed by atoms with Gasteiger partial charge in [0.15, 0.2) is 23.2 Å². The highest BCUT2D eigenvalue weighted by molar-refractivity contribution is 6.01. The third kappa shape index (κ3) is 4.57. The van der Waals surface area contributed by atoms with E-state index in [0.717, 1.165) is 30.5 Å². The van der Waals surface area contributed by atoms with E-state index in [1.165, 1.54) is 12.1 Å². The zero-order chi connectivity index (χ0) is 26.1. The lowest BCUT2D eigenvalue weighted by molar-refractivity contribution is -0.127. The fraction of sp³-hybridized carbons (Fsp3) is 0.222. The fourth-order valence-electron chi connectivity index (χ4n) is 4.84. The number of likely N-dealkylation sites (tertiary alicyclic amines) is 1. The molecule has 10 heteroatoms. The summed E-state index contributed by atoms with van der Waals surface area (Å²) in [6.45, 7) is 4.63. The van der Waals surface area contributed by atoms with E-state index in [1.54, 1.807) is 23.1 Å². The Labute approximate surface area is 211 Å². The molecule has 1 aliphatic carbocycles. The molecule has 8 nitrogen and oxygen atoms in total. The zero-order valence-electron chi connectivity index (χ0n) is 19.9. The van der Waals surface area contributed by atoms with Gasteiger partial charge in [0.25, 0.3) is 5.56 Å². The molecule has 1 aliphatic heterocycles. The molecule has 37 heavy (non-hydrogen) atoms. The van der Waals surface area contributed by atoms with Gasteiger partial charge >= 0.3 is 0 Å². The number of nitrogens with two attached hydrogens (primary N) is 1. The van der Waals surface area contributed by atoms with Crippen LogP contribution in [0.1, 0.15) is 30.9 Å². The van der Waals surface area contributed by atoms with Gasteiger partial charge in [0, 0.05) is 24.8 Å². The minimum atomic E-state index is -0.802. The number of aromatic amines is 1. The number of carbonyl (C=O) groups is 1. The van der Waals surface area contributed by atoms with Crippen molar-refractivity contribution in [2.75, 3.05) is 18.8 Å². The molecule has 1 aromatic carbocycles. The molecule has 1 amide bonds. The van der Waals surface area contributed by atoms with Crippen molar-refractivity contribution in [2.45, 2.75) is 25.3 Å². The summed E-state index contributed by atoms with van der Waals surface area (Å²) in [5.41, 5.74) is 7.63. The molecule has 3 heterocycles. The second-order valence-electron chi connectivity index (χ2n) is 8.88. The molecule has 1 saturated heterocycles. The van der Waals surface area contributed by atoms with Crippen LogP contribution in [0.15, 0.2) is 71.9 Å². The summed E-state index contributed by atoms with van der Waals surface area (Å²) in [7, 11) is 0. The average molecular weight is 506 g/mol. The number of allylic oxidation sites excluding steroid dienone is 5. The van der Waals surface area contributed by atoms with Gasteiger partial charge in [0.2, 0.25) is 5.91 Å². The molecule has 3 aromatic rings. The normalized spacial score (nSPS) is 17.8. The number of halogens is 2. The molecular formula is C27H25F2N5O3. The van der Waals surface area contributed by atoms with Crippen LogP contribution in [0.4, 0.5) is 14.6 Å². The number of fused-ring (bicyclic) bond motifs is 1. The Kier molecular flexibility index (Phi) is 6.47. The van der Waals surface area contributed by atoms with E-state index in [0.29, 0.717) is 36.0 Å². The fourth-order valence-corrected chi connectivity index (χ4v) is 4.84. The first-order chi connectivity index (χ1) is 17.9. The lowest BCUT2D eigenvalue weighted by Gasteiger charge is -2.33. The van der Waals surface area contributed by atoms with Gasteiger partial charge < -0.3 is 19.9 Å². The van der Waals surface area contributed by atoms with E-state index in [2.05, 4.69) is 16.8 Å². The number of hydrogen-bond acceptors (Lipinski definition) is 5. The summed E-state index contributed by atoms with van der Waals surface area (Å²) in [4.78, 5) is 26.9. The number of amides is 1. The molecule has 0 saturated carbocycles. The van der Waals surface area contributed by atoms with Gasteiger partial charge in [-0.05, 0) is 55.2 Å². The van der Waals surface area contributed by atoms with E-state index < -0.39 is 22.9 Å². The Bertz CT molecular complexity index is 1530. The zero-order valence-corrected chi connectivity index (χ0v) is 19.9. The molecular weight excluding hydrogens is 480 g/mol. The first kappa shape index (κ1) is 24.2. The van der Waals surface area contributed by atoms with Crippen LogP contribution < -0.4 is 16.0 Å². The largest absolute Gasteiger partial charge is 0.452 e. The van der Waals surface area contributed by atoms with E-state index in [1.807, 2.05) is 16.8 Å². The maximum atomic E-state index is 14.1. The molecule has 190 valence electrons. The maximum absolute atomic E-state index is 14.1. The quantitative estimate of drug-likeness (QED) is 0.505. The third-order valence-corrected chi connectivity index (χ3v) is 6.59. The van der Waals surface area contributed by atoms with E-state index in [4.69, 9.17) is 10.5 Å². The summed E-state index contributed by atoms with van der Waals surface area (Å²) >= 11 is 0. The van der Waals surface area contributed by atoms with Crippen LogP contribution in [-0.4, -0.2) is 38.7 Å². The molecule has 0 spiro atoms. The Morgan fingerprint density at radius 3 is 2.78 bits per heavy atom. The summed E-state index contributed by atoms with van der Waals surface area (Å²) in [5, 5.41) is 6.92. The highest BCUT2D eigenvalue weighted by atomic mass is 19.1. The molecule has 0 bridgehead atoms. The monoisotopic (exact) mass is 505 g/mol. The topological polar surface area (TPSA) is 106 Å². The highest BCUT2D eigenvalue weighted by Crippen LogP contribution is 2.35. The maximum Gasteiger partial charge on any atom is 0.288 e. The first-order valence-electron chi connectivity index (χ1n) is 11.9. The molecule has 0 radical (unpaired) electrons. The smallest absolute Gasteiger partial charge is 0.288 e. The lowest BCUT2D eigenvalue weighted by Crippen LogP contribution is -2.40. The Morgan fingerprint density at radius 2 is 2.03 bits per heavy atom. The molecule has 1 atom stereocenters. The standard InChI is InChI=1S/C27H25F2N5O3/c1-2-22(35)33-13-5-7-17(14-33)34-15-19(23-24(34)27(36)32-31-26(23)30)16-6-3-8-18(12-11-16)37-25-20(28)9-4-10-21(25)29/h2,4,6,8-12,15,17H,1,3,5,7,13-14H2,(H2,30,31)(H,32,36)/t17-/m1/s1. The van der Waals surface area contributed by atoms with Gasteiger partial charge in [-0.2, -0.15) is 5.10 Å².